The molecule has 3 atom stereocenters. The molecule has 1 aromatic heterocycles. The third-order valence-corrected chi connectivity index (χ3v) is 4.92. The molecule has 0 aromatic carbocycles. The molecule has 1 aliphatic rings. The molecule has 2 rings (SSSR count). The standard InChI is InChI=1S/C15H25N3O2/c1-5-11-6-7-13(10(11)2)16-9-12-8-14(19)18(4)15(20)17(12)3/h8,10-11,13,16H,5-7,9H2,1-4H3. The molecule has 0 radical (unpaired) electrons. The van der Waals surface area contributed by atoms with Crippen LogP contribution < -0.4 is 16.6 Å². The summed E-state index contributed by atoms with van der Waals surface area (Å²) in [4.78, 5) is 23.6. The zero-order valence-electron chi connectivity index (χ0n) is 12.8. The minimum atomic E-state index is -0.264. The van der Waals surface area contributed by atoms with Gasteiger partial charge in [-0.05, 0) is 24.7 Å². The molecule has 0 bridgehead atoms. The molecule has 1 heterocycles. The first-order chi connectivity index (χ1) is 9.45. The molecule has 0 saturated heterocycles. The fraction of sp³-hybridized carbons (Fsp3) is 0.733. The first-order valence-electron chi connectivity index (χ1n) is 7.45. The van der Waals surface area contributed by atoms with E-state index in [4.69, 9.17) is 0 Å². The van der Waals surface area contributed by atoms with Crippen LogP contribution in [0.1, 0.15) is 38.8 Å². The van der Waals surface area contributed by atoms with Gasteiger partial charge in [0.25, 0.3) is 5.56 Å². The lowest BCUT2D eigenvalue weighted by Gasteiger charge is -2.21. The zero-order chi connectivity index (χ0) is 14.9. The van der Waals surface area contributed by atoms with Gasteiger partial charge in [0.1, 0.15) is 0 Å². The van der Waals surface area contributed by atoms with Crippen molar-refractivity contribution in [3.8, 4) is 0 Å². The summed E-state index contributed by atoms with van der Waals surface area (Å²) in [6.07, 6.45) is 3.67. The minimum Gasteiger partial charge on any atom is -0.308 e. The van der Waals surface area contributed by atoms with Gasteiger partial charge in [-0.2, -0.15) is 0 Å². The average molecular weight is 279 g/mol. The van der Waals surface area contributed by atoms with Crippen molar-refractivity contribution < 1.29 is 0 Å². The van der Waals surface area contributed by atoms with E-state index in [1.807, 2.05) is 0 Å². The Bertz CT molecular complexity index is 588. The Labute approximate surface area is 119 Å². The van der Waals surface area contributed by atoms with Gasteiger partial charge < -0.3 is 5.32 Å². The van der Waals surface area contributed by atoms with Gasteiger partial charge in [-0.15, -0.1) is 0 Å². The van der Waals surface area contributed by atoms with Crippen LogP contribution in [-0.4, -0.2) is 15.2 Å². The molecular weight excluding hydrogens is 254 g/mol. The van der Waals surface area contributed by atoms with E-state index in [-0.39, 0.29) is 11.2 Å². The summed E-state index contributed by atoms with van der Waals surface area (Å²) in [5.41, 5.74) is 0.251. The Morgan fingerprint density at radius 2 is 1.95 bits per heavy atom. The van der Waals surface area contributed by atoms with Gasteiger partial charge in [0, 0.05) is 38.4 Å². The summed E-state index contributed by atoms with van der Waals surface area (Å²) in [6, 6.07) is 2.03. The highest BCUT2D eigenvalue weighted by Gasteiger charge is 2.31. The maximum absolute atomic E-state index is 11.9. The number of nitrogens with zero attached hydrogens (tertiary/aromatic N) is 2. The number of hydrogen-bond acceptors (Lipinski definition) is 3. The fourth-order valence-corrected chi connectivity index (χ4v) is 3.30. The molecule has 1 fully saturated rings. The van der Waals surface area contributed by atoms with Crippen molar-refractivity contribution in [2.45, 2.75) is 45.7 Å². The topological polar surface area (TPSA) is 56.0 Å². The van der Waals surface area contributed by atoms with E-state index in [0.717, 1.165) is 16.2 Å². The summed E-state index contributed by atoms with van der Waals surface area (Å²) in [5.74, 6) is 1.45. The third-order valence-electron chi connectivity index (χ3n) is 4.92. The largest absolute Gasteiger partial charge is 0.330 e. The van der Waals surface area contributed by atoms with Crippen LogP contribution in [0.3, 0.4) is 0 Å². The summed E-state index contributed by atoms with van der Waals surface area (Å²) >= 11 is 0. The third kappa shape index (κ3) is 2.73. The van der Waals surface area contributed by atoms with Gasteiger partial charge in [0.15, 0.2) is 0 Å². The van der Waals surface area contributed by atoms with Crippen molar-refractivity contribution in [2.75, 3.05) is 0 Å². The normalized spacial score (nSPS) is 26.1. The molecule has 1 N–H and O–H groups in total. The first kappa shape index (κ1) is 15.0. The number of rotatable bonds is 4. The Balaban J connectivity index is 2.09. The van der Waals surface area contributed by atoms with E-state index in [9.17, 15) is 9.59 Å². The molecule has 1 aromatic rings. The second-order valence-corrected chi connectivity index (χ2v) is 5.97. The second-order valence-electron chi connectivity index (χ2n) is 5.97. The van der Waals surface area contributed by atoms with E-state index in [0.29, 0.717) is 18.5 Å². The molecule has 1 saturated carbocycles. The predicted octanol–water partition coefficient (Wildman–Crippen LogP) is 0.998. The van der Waals surface area contributed by atoms with E-state index in [2.05, 4.69) is 19.2 Å². The molecule has 5 nitrogen and oxygen atoms in total. The highest BCUT2D eigenvalue weighted by molar-refractivity contribution is 5.02. The lowest BCUT2D eigenvalue weighted by Crippen LogP contribution is -2.40. The van der Waals surface area contributed by atoms with Crippen LogP contribution in [0.25, 0.3) is 0 Å². The van der Waals surface area contributed by atoms with Gasteiger partial charge in [-0.25, -0.2) is 4.79 Å². The lowest BCUT2D eigenvalue weighted by molar-refractivity contribution is 0.342. The number of hydrogen-bond donors (Lipinski definition) is 1. The van der Waals surface area contributed by atoms with Crippen molar-refractivity contribution in [3.05, 3.63) is 32.6 Å². The fourth-order valence-electron chi connectivity index (χ4n) is 3.30. The maximum Gasteiger partial charge on any atom is 0.330 e. The van der Waals surface area contributed by atoms with E-state index >= 15 is 0 Å². The predicted molar refractivity (Wildman–Crippen MR) is 79.7 cm³/mol. The van der Waals surface area contributed by atoms with Crippen molar-refractivity contribution >= 4 is 0 Å². The summed E-state index contributed by atoms with van der Waals surface area (Å²) in [7, 11) is 3.22. The molecule has 5 heteroatoms. The quantitative estimate of drug-likeness (QED) is 0.894. The van der Waals surface area contributed by atoms with E-state index < -0.39 is 0 Å². The molecule has 0 aliphatic heterocycles. The first-order valence-corrected chi connectivity index (χ1v) is 7.45. The van der Waals surface area contributed by atoms with Crippen LogP contribution >= 0.6 is 0 Å². The smallest absolute Gasteiger partial charge is 0.308 e. The van der Waals surface area contributed by atoms with Crippen LogP contribution in [0.5, 0.6) is 0 Å². The number of aromatic nitrogens is 2. The van der Waals surface area contributed by atoms with Gasteiger partial charge in [0.05, 0.1) is 0 Å². The average Bonchev–Trinajstić information content (AvgIpc) is 2.79. The van der Waals surface area contributed by atoms with Gasteiger partial charge >= 0.3 is 5.69 Å². The Kier molecular flexibility index (Phi) is 4.48. The molecule has 112 valence electrons. The van der Waals surface area contributed by atoms with Crippen molar-refractivity contribution in [3.63, 3.8) is 0 Å². The SMILES string of the molecule is CCC1CCC(NCc2cc(=O)n(C)c(=O)n2C)C1C. The monoisotopic (exact) mass is 279 g/mol. The van der Waals surface area contributed by atoms with Crippen molar-refractivity contribution in [1.29, 1.82) is 0 Å². The maximum atomic E-state index is 11.9. The van der Waals surface area contributed by atoms with Crippen molar-refractivity contribution in [2.24, 2.45) is 25.9 Å². The van der Waals surface area contributed by atoms with Crippen LogP contribution in [0, 0.1) is 11.8 Å². The van der Waals surface area contributed by atoms with Crippen LogP contribution in [0.2, 0.25) is 0 Å². The molecular formula is C15H25N3O2. The minimum absolute atomic E-state index is 0.240. The van der Waals surface area contributed by atoms with Crippen LogP contribution in [0.4, 0.5) is 0 Å². The Hall–Kier alpha value is -1.36. The summed E-state index contributed by atoms with van der Waals surface area (Å²) in [6.45, 7) is 5.11. The summed E-state index contributed by atoms with van der Waals surface area (Å²) in [5, 5.41) is 3.52. The van der Waals surface area contributed by atoms with Crippen LogP contribution in [0.15, 0.2) is 15.7 Å². The van der Waals surface area contributed by atoms with Crippen LogP contribution in [-0.2, 0) is 20.6 Å². The number of nitrogens with one attached hydrogen (secondary N) is 1. The molecule has 0 amide bonds. The Morgan fingerprint density at radius 3 is 2.55 bits per heavy atom. The summed E-state index contributed by atoms with van der Waals surface area (Å²) < 4.78 is 2.68. The van der Waals surface area contributed by atoms with Gasteiger partial charge in [-0.3, -0.25) is 13.9 Å². The Morgan fingerprint density at radius 1 is 1.25 bits per heavy atom. The highest BCUT2D eigenvalue weighted by atomic mass is 16.2. The van der Waals surface area contributed by atoms with E-state index in [1.165, 1.54) is 26.3 Å². The van der Waals surface area contributed by atoms with Gasteiger partial charge in [0.2, 0.25) is 0 Å². The van der Waals surface area contributed by atoms with Gasteiger partial charge in [-0.1, -0.05) is 20.3 Å². The highest BCUT2D eigenvalue weighted by Crippen LogP contribution is 2.33. The molecule has 3 unspecified atom stereocenters. The lowest BCUT2D eigenvalue weighted by atomic mass is 9.93. The molecule has 0 spiro atoms. The molecule has 20 heavy (non-hydrogen) atoms. The van der Waals surface area contributed by atoms with Crippen molar-refractivity contribution in [1.82, 2.24) is 14.5 Å². The van der Waals surface area contributed by atoms with E-state index in [1.54, 1.807) is 17.7 Å². The second kappa shape index (κ2) is 5.95. The molecule has 1 aliphatic carbocycles. The zero-order valence-corrected chi connectivity index (χ0v) is 12.8.